The Labute approximate surface area is 113 Å². The summed E-state index contributed by atoms with van der Waals surface area (Å²) >= 11 is 0. The van der Waals surface area contributed by atoms with Gasteiger partial charge in [-0.05, 0) is 23.8 Å². The van der Waals surface area contributed by atoms with Crippen molar-refractivity contribution in [1.29, 1.82) is 0 Å². The molecule has 0 saturated heterocycles. The SMILES string of the molecule is O=[N+]([O-])c1ccc2ccn(Cc3cncc(F)c3)c2c1. The van der Waals surface area contributed by atoms with Gasteiger partial charge in [-0.2, -0.15) is 0 Å². The Balaban J connectivity index is 2.03. The molecule has 0 amide bonds. The molecule has 6 heteroatoms. The third kappa shape index (κ3) is 2.23. The summed E-state index contributed by atoms with van der Waals surface area (Å²) in [6, 6.07) is 7.95. The molecule has 0 atom stereocenters. The van der Waals surface area contributed by atoms with Crippen LogP contribution >= 0.6 is 0 Å². The number of hydrogen-bond acceptors (Lipinski definition) is 3. The zero-order valence-corrected chi connectivity index (χ0v) is 10.4. The van der Waals surface area contributed by atoms with Crippen molar-refractivity contribution in [2.24, 2.45) is 0 Å². The minimum absolute atomic E-state index is 0.0369. The maximum atomic E-state index is 13.1. The highest BCUT2D eigenvalue weighted by Crippen LogP contribution is 2.22. The Morgan fingerprint density at radius 3 is 2.85 bits per heavy atom. The molecular weight excluding hydrogens is 261 g/mol. The van der Waals surface area contributed by atoms with E-state index in [9.17, 15) is 14.5 Å². The number of fused-ring (bicyclic) bond motifs is 1. The van der Waals surface area contributed by atoms with Gasteiger partial charge in [0.2, 0.25) is 0 Å². The van der Waals surface area contributed by atoms with Gasteiger partial charge >= 0.3 is 0 Å². The fourth-order valence-corrected chi connectivity index (χ4v) is 2.16. The summed E-state index contributed by atoms with van der Waals surface area (Å²) in [4.78, 5) is 14.2. The van der Waals surface area contributed by atoms with Gasteiger partial charge in [-0.1, -0.05) is 0 Å². The first-order valence-corrected chi connectivity index (χ1v) is 5.96. The normalized spacial score (nSPS) is 10.8. The lowest BCUT2D eigenvalue weighted by Gasteiger charge is -2.05. The monoisotopic (exact) mass is 271 g/mol. The third-order valence-electron chi connectivity index (χ3n) is 3.08. The molecule has 0 aliphatic carbocycles. The highest BCUT2D eigenvalue weighted by Gasteiger charge is 2.09. The van der Waals surface area contributed by atoms with Crippen molar-refractivity contribution >= 4 is 16.6 Å². The van der Waals surface area contributed by atoms with Crippen LogP contribution in [0, 0.1) is 15.9 Å². The summed E-state index contributed by atoms with van der Waals surface area (Å²) in [5.74, 6) is -0.398. The maximum Gasteiger partial charge on any atom is 0.271 e. The van der Waals surface area contributed by atoms with Gasteiger partial charge in [0.25, 0.3) is 5.69 Å². The molecule has 0 spiro atoms. The molecule has 0 fully saturated rings. The Bertz CT molecular complexity index is 798. The molecule has 0 bridgehead atoms. The number of non-ortho nitro benzene ring substituents is 1. The number of aromatic nitrogens is 2. The second kappa shape index (κ2) is 4.73. The summed E-state index contributed by atoms with van der Waals surface area (Å²) in [5.41, 5.74) is 1.48. The van der Waals surface area contributed by atoms with E-state index in [4.69, 9.17) is 0 Å². The average Bonchev–Trinajstić information content (AvgIpc) is 2.81. The first-order valence-electron chi connectivity index (χ1n) is 5.96. The fraction of sp³-hybridized carbons (Fsp3) is 0.0714. The molecule has 0 aliphatic rings. The Morgan fingerprint density at radius 1 is 1.25 bits per heavy atom. The lowest BCUT2D eigenvalue weighted by molar-refractivity contribution is -0.384. The van der Waals surface area contributed by atoms with Crippen LogP contribution in [0.5, 0.6) is 0 Å². The standard InChI is InChI=1S/C14H10FN3O2/c15-12-5-10(7-16-8-12)9-17-4-3-11-1-2-13(18(19)20)6-14(11)17/h1-8H,9H2. The first-order chi connectivity index (χ1) is 9.63. The van der Waals surface area contributed by atoms with Crippen molar-refractivity contribution < 1.29 is 9.31 Å². The molecule has 1 aromatic carbocycles. The van der Waals surface area contributed by atoms with Gasteiger partial charge in [-0.15, -0.1) is 0 Å². The van der Waals surface area contributed by atoms with Crippen LogP contribution in [0.3, 0.4) is 0 Å². The largest absolute Gasteiger partial charge is 0.343 e. The molecule has 0 unspecified atom stereocenters. The first kappa shape index (κ1) is 12.3. The number of nitrogens with zero attached hydrogens (tertiary/aromatic N) is 3. The number of benzene rings is 1. The number of nitro groups is 1. The number of nitro benzene ring substituents is 1. The van der Waals surface area contributed by atoms with E-state index in [0.29, 0.717) is 12.1 Å². The Morgan fingerprint density at radius 2 is 2.10 bits per heavy atom. The van der Waals surface area contributed by atoms with E-state index in [1.807, 2.05) is 16.8 Å². The lowest BCUT2D eigenvalue weighted by Crippen LogP contribution is -1.99. The number of halogens is 1. The molecule has 2 heterocycles. The van der Waals surface area contributed by atoms with Gasteiger partial charge in [-0.25, -0.2) is 4.39 Å². The van der Waals surface area contributed by atoms with Crippen LogP contribution in [0.15, 0.2) is 48.9 Å². The zero-order valence-electron chi connectivity index (χ0n) is 10.4. The van der Waals surface area contributed by atoms with Crippen LogP contribution in [-0.4, -0.2) is 14.5 Å². The molecule has 5 nitrogen and oxygen atoms in total. The van der Waals surface area contributed by atoms with Crippen LogP contribution in [0.4, 0.5) is 10.1 Å². The van der Waals surface area contributed by atoms with Gasteiger partial charge in [0.15, 0.2) is 0 Å². The van der Waals surface area contributed by atoms with E-state index in [-0.39, 0.29) is 5.69 Å². The number of rotatable bonds is 3. The smallest absolute Gasteiger partial charge is 0.271 e. The van der Waals surface area contributed by atoms with Gasteiger partial charge in [0.1, 0.15) is 5.82 Å². The maximum absolute atomic E-state index is 13.1. The summed E-state index contributed by atoms with van der Waals surface area (Å²) in [6.07, 6.45) is 4.54. The van der Waals surface area contributed by atoms with E-state index in [2.05, 4.69) is 4.98 Å². The molecule has 20 heavy (non-hydrogen) atoms. The third-order valence-corrected chi connectivity index (χ3v) is 3.08. The second-order valence-corrected chi connectivity index (χ2v) is 4.46. The van der Waals surface area contributed by atoms with Gasteiger partial charge in [-0.3, -0.25) is 15.1 Å². The van der Waals surface area contributed by atoms with E-state index in [0.717, 1.165) is 17.1 Å². The van der Waals surface area contributed by atoms with E-state index < -0.39 is 10.7 Å². The van der Waals surface area contributed by atoms with Crippen LogP contribution < -0.4 is 0 Å². The summed E-state index contributed by atoms with van der Waals surface area (Å²) in [5, 5.41) is 11.7. The molecule has 0 radical (unpaired) electrons. The summed E-state index contributed by atoms with van der Waals surface area (Å²) < 4.78 is 15.0. The quantitative estimate of drug-likeness (QED) is 0.543. The molecule has 3 aromatic rings. The van der Waals surface area contributed by atoms with Crippen molar-refractivity contribution in [2.45, 2.75) is 6.54 Å². The van der Waals surface area contributed by atoms with Crippen LogP contribution in [0.25, 0.3) is 10.9 Å². The van der Waals surface area contributed by atoms with E-state index >= 15 is 0 Å². The fourth-order valence-electron chi connectivity index (χ4n) is 2.16. The summed E-state index contributed by atoms with van der Waals surface area (Å²) in [7, 11) is 0. The molecule has 100 valence electrons. The molecular formula is C14H10FN3O2. The number of pyridine rings is 1. The minimum Gasteiger partial charge on any atom is -0.343 e. The van der Waals surface area contributed by atoms with Crippen LogP contribution in [0.2, 0.25) is 0 Å². The minimum atomic E-state index is -0.430. The van der Waals surface area contributed by atoms with E-state index in [1.165, 1.54) is 18.2 Å². The molecule has 3 rings (SSSR count). The van der Waals surface area contributed by atoms with Crippen molar-refractivity contribution in [3.8, 4) is 0 Å². The van der Waals surface area contributed by atoms with Gasteiger partial charge < -0.3 is 4.57 Å². The predicted molar refractivity (Wildman–Crippen MR) is 71.9 cm³/mol. The highest BCUT2D eigenvalue weighted by atomic mass is 19.1. The summed E-state index contributed by atoms with van der Waals surface area (Å²) in [6.45, 7) is 0.412. The molecule has 0 aliphatic heterocycles. The van der Waals surface area contributed by atoms with E-state index in [1.54, 1.807) is 12.3 Å². The van der Waals surface area contributed by atoms with Crippen LogP contribution in [0.1, 0.15) is 5.56 Å². The average molecular weight is 271 g/mol. The lowest BCUT2D eigenvalue weighted by atomic mass is 10.2. The van der Waals surface area contributed by atoms with Crippen molar-refractivity contribution in [3.63, 3.8) is 0 Å². The predicted octanol–water partition coefficient (Wildman–Crippen LogP) is 3.13. The topological polar surface area (TPSA) is 61.0 Å². The molecule has 0 N–H and O–H groups in total. The number of hydrogen-bond donors (Lipinski definition) is 0. The Hall–Kier alpha value is -2.76. The molecule has 2 aromatic heterocycles. The molecule has 0 saturated carbocycles. The van der Waals surface area contributed by atoms with Gasteiger partial charge in [0, 0.05) is 36.5 Å². The Kier molecular flexibility index (Phi) is 2.90. The van der Waals surface area contributed by atoms with Crippen molar-refractivity contribution in [3.05, 3.63) is 70.4 Å². The van der Waals surface area contributed by atoms with Gasteiger partial charge in [0.05, 0.1) is 16.6 Å². The zero-order chi connectivity index (χ0) is 14.1. The highest BCUT2D eigenvalue weighted by molar-refractivity contribution is 5.82. The van der Waals surface area contributed by atoms with Crippen LogP contribution in [-0.2, 0) is 6.54 Å². The second-order valence-electron chi connectivity index (χ2n) is 4.46. The van der Waals surface area contributed by atoms with Crippen molar-refractivity contribution in [2.75, 3.05) is 0 Å². The van der Waals surface area contributed by atoms with Crippen molar-refractivity contribution in [1.82, 2.24) is 9.55 Å².